The van der Waals surface area contributed by atoms with Crippen molar-refractivity contribution in [1.29, 1.82) is 0 Å². The van der Waals surface area contributed by atoms with Crippen LogP contribution in [-0.2, 0) is 4.74 Å². The molecule has 0 spiro atoms. The maximum Gasteiger partial charge on any atom is 0.0623 e. The van der Waals surface area contributed by atoms with Gasteiger partial charge in [-0.05, 0) is 25.7 Å². The number of nitrogens with zero attached hydrogens (tertiary/aromatic N) is 1. The molecule has 2 N–H and O–H groups in total. The summed E-state index contributed by atoms with van der Waals surface area (Å²) in [5.41, 5.74) is -0.191. The zero-order valence-electron chi connectivity index (χ0n) is 12.4. The van der Waals surface area contributed by atoms with Crippen LogP contribution in [0.5, 0.6) is 0 Å². The molecular weight excluding hydrogens is 228 g/mol. The van der Waals surface area contributed by atoms with Gasteiger partial charge in [-0.25, -0.2) is 0 Å². The second-order valence-electron chi connectivity index (χ2n) is 6.26. The van der Waals surface area contributed by atoms with Gasteiger partial charge in [0.05, 0.1) is 18.8 Å². The highest BCUT2D eigenvalue weighted by molar-refractivity contribution is 4.94. The van der Waals surface area contributed by atoms with E-state index in [0.717, 1.165) is 26.2 Å². The van der Waals surface area contributed by atoms with E-state index >= 15 is 0 Å². The van der Waals surface area contributed by atoms with Crippen molar-refractivity contribution in [2.75, 3.05) is 40.0 Å². The molecule has 1 unspecified atom stereocenters. The summed E-state index contributed by atoms with van der Waals surface area (Å²) in [5.74, 6) is 0.630. The zero-order valence-corrected chi connectivity index (χ0v) is 12.4. The quantitative estimate of drug-likeness (QED) is 0.616. The van der Waals surface area contributed by atoms with Gasteiger partial charge in [-0.1, -0.05) is 13.8 Å². The van der Waals surface area contributed by atoms with Gasteiger partial charge in [0.25, 0.3) is 0 Å². The highest BCUT2D eigenvalue weighted by Crippen LogP contribution is 2.23. The molecule has 1 atom stereocenters. The molecule has 0 aliphatic heterocycles. The minimum Gasteiger partial charge on any atom is -0.394 e. The molecule has 0 aromatic carbocycles. The predicted molar refractivity (Wildman–Crippen MR) is 74.8 cm³/mol. The standard InChI is InChI=1S/C14H30N2O2/c1-12(2)9-16(7-8-18-4)10-14(3,11-17)15-13-5-6-13/h12-13,15,17H,5-11H2,1-4H3. The van der Waals surface area contributed by atoms with Crippen LogP contribution >= 0.6 is 0 Å². The van der Waals surface area contributed by atoms with E-state index in [9.17, 15) is 5.11 Å². The van der Waals surface area contributed by atoms with Crippen LogP contribution in [0.1, 0.15) is 33.6 Å². The molecule has 1 rings (SSSR count). The van der Waals surface area contributed by atoms with Gasteiger partial charge in [0.1, 0.15) is 0 Å². The fraction of sp³-hybridized carbons (Fsp3) is 1.00. The largest absolute Gasteiger partial charge is 0.394 e. The zero-order chi connectivity index (χ0) is 13.6. The first-order chi connectivity index (χ1) is 8.49. The first-order valence-corrected chi connectivity index (χ1v) is 7.09. The Morgan fingerprint density at radius 3 is 2.56 bits per heavy atom. The third-order valence-electron chi connectivity index (χ3n) is 3.29. The van der Waals surface area contributed by atoms with Crippen LogP contribution in [0.15, 0.2) is 0 Å². The molecule has 18 heavy (non-hydrogen) atoms. The smallest absolute Gasteiger partial charge is 0.0623 e. The monoisotopic (exact) mass is 258 g/mol. The summed E-state index contributed by atoms with van der Waals surface area (Å²) in [6.07, 6.45) is 2.50. The molecule has 0 amide bonds. The second kappa shape index (κ2) is 7.43. The van der Waals surface area contributed by atoms with E-state index in [1.54, 1.807) is 7.11 Å². The Hall–Kier alpha value is -0.160. The normalized spacial score (nSPS) is 19.5. The summed E-state index contributed by atoms with van der Waals surface area (Å²) >= 11 is 0. The van der Waals surface area contributed by atoms with E-state index in [4.69, 9.17) is 4.74 Å². The van der Waals surface area contributed by atoms with Crippen molar-refractivity contribution in [2.24, 2.45) is 5.92 Å². The Morgan fingerprint density at radius 2 is 2.11 bits per heavy atom. The summed E-state index contributed by atoms with van der Waals surface area (Å²) in [5, 5.41) is 13.2. The Labute approximate surface area is 112 Å². The molecule has 1 fully saturated rings. The Kier molecular flexibility index (Phi) is 6.57. The number of hydrogen-bond acceptors (Lipinski definition) is 4. The summed E-state index contributed by atoms with van der Waals surface area (Å²) in [6, 6.07) is 0.616. The van der Waals surface area contributed by atoms with Crippen molar-refractivity contribution in [3.63, 3.8) is 0 Å². The highest BCUT2D eigenvalue weighted by Gasteiger charge is 2.33. The van der Waals surface area contributed by atoms with Crippen LogP contribution in [0, 0.1) is 5.92 Å². The average Bonchev–Trinajstić information content (AvgIpc) is 3.09. The molecule has 0 bridgehead atoms. The highest BCUT2D eigenvalue weighted by atomic mass is 16.5. The van der Waals surface area contributed by atoms with Crippen LogP contribution < -0.4 is 5.32 Å². The lowest BCUT2D eigenvalue weighted by Gasteiger charge is -2.36. The third-order valence-corrected chi connectivity index (χ3v) is 3.29. The molecule has 0 aromatic rings. The van der Waals surface area contributed by atoms with Crippen molar-refractivity contribution in [1.82, 2.24) is 10.2 Å². The lowest BCUT2D eigenvalue weighted by molar-refractivity contribution is 0.0874. The molecule has 1 aliphatic rings. The lowest BCUT2D eigenvalue weighted by Crippen LogP contribution is -2.55. The van der Waals surface area contributed by atoms with E-state index in [2.05, 4.69) is 31.0 Å². The van der Waals surface area contributed by atoms with E-state index in [0.29, 0.717) is 12.0 Å². The molecule has 108 valence electrons. The number of hydrogen-bond donors (Lipinski definition) is 2. The van der Waals surface area contributed by atoms with E-state index in [1.165, 1.54) is 12.8 Å². The number of nitrogens with one attached hydrogen (secondary N) is 1. The van der Waals surface area contributed by atoms with Gasteiger partial charge in [0.2, 0.25) is 0 Å². The van der Waals surface area contributed by atoms with Crippen molar-refractivity contribution in [2.45, 2.75) is 45.2 Å². The van der Waals surface area contributed by atoms with Gasteiger partial charge in [-0.15, -0.1) is 0 Å². The van der Waals surface area contributed by atoms with Crippen molar-refractivity contribution < 1.29 is 9.84 Å². The molecule has 0 aromatic heterocycles. The number of rotatable bonds is 10. The van der Waals surface area contributed by atoms with Gasteiger partial charge >= 0.3 is 0 Å². The summed E-state index contributed by atoms with van der Waals surface area (Å²) in [4.78, 5) is 2.39. The molecule has 4 heteroatoms. The van der Waals surface area contributed by atoms with Crippen LogP contribution in [-0.4, -0.2) is 61.5 Å². The molecule has 1 saturated carbocycles. The number of aliphatic hydroxyl groups is 1. The Balaban J connectivity index is 2.48. The van der Waals surface area contributed by atoms with Gasteiger partial charge in [0.15, 0.2) is 0 Å². The minimum absolute atomic E-state index is 0.186. The van der Waals surface area contributed by atoms with Crippen LogP contribution in [0.2, 0.25) is 0 Å². The van der Waals surface area contributed by atoms with Crippen molar-refractivity contribution in [3.05, 3.63) is 0 Å². The number of methoxy groups -OCH3 is 1. The summed E-state index contributed by atoms with van der Waals surface area (Å²) < 4.78 is 5.17. The first kappa shape index (κ1) is 15.9. The van der Waals surface area contributed by atoms with Gasteiger partial charge in [-0.3, -0.25) is 4.90 Å². The third kappa shape index (κ3) is 6.14. The predicted octanol–water partition coefficient (Wildman–Crippen LogP) is 1.09. The van der Waals surface area contributed by atoms with Crippen LogP contribution in [0.4, 0.5) is 0 Å². The van der Waals surface area contributed by atoms with Gasteiger partial charge in [-0.2, -0.15) is 0 Å². The van der Waals surface area contributed by atoms with Crippen LogP contribution in [0.3, 0.4) is 0 Å². The number of aliphatic hydroxyl groups excluding tert-OH is 1. The fourth-order valence-corrected chi connectivity index (χ4v) is 2.33. The molecule has 1 aliphatic carbocycles. The Bertz CT molecular complexity index is 232. The number of ether oxygens (including phenoxy) is 1. The molecule has 4 nitrogen and oxygen atoms in total. The van der Waals surface area contributed by atoms with E-state index < -0.39 is 0 Å². The molecular formula is C14H30N2O2. The fourth-order valence-electron chi connectivity index (χ4n) is 2.33. The summed E-state index contributed by atoms with van der Waals surface area (Å²) in [6.45, 7) is 10.4. The topological polar surface area (TPSA) is 44.7 Å². The van der Waals surface area contributed by atoms with Crippen molar-refractivity contribution in [3.8, 4) is 0 Å². The minimum atomic E-state index is -0.191. The molecule has 0 saturated heterocycles. The summed E-state index contributed by atoms with van der Waals surface area (Å²) in [7, 11) is 1.74. The maximum absolute atomic E-state index is 9.65. The lowest BCUT2D eigenvalue weighted by atomic mass is 10.0. The van der Waals surface area contributed by atoms with Gasteiger partial charge in [0, 0.05) is 32.8 Å². The van der Waals surface area contributed by atoms with Gasteiger partial charge < -0.3 is 15.2 Å². The first-order valence-electron chi connectivity index (χ1n) is 7.09. The molecule has 0 radical (unpaired) electrons. The van der Waals surface area contributed by atoms with E-state index in [-0.39, 0.29) is 12.1 Å². The average molecular weight is 258 g/mol. The second-order valence-corrected chi connectivity index (χ2v) is 6.26. The van der Waals surface area contributed by atoms with Crippen molar-refractivity contribution >= 4 is 0 Å². The Morgan fingerprint density at radius 1 is 1.44 bits per heavy atom. The SMILES string of the molecule is COCCN(CC(C)C)CC(C)(CO)NC1CC1. The van der Waals surface area contributed by atoms with E-state index in [1.807, 2.05) is 0 Å². The molecule has 0 heterocycles. The maximum atomic E-state index is 9.65. The van der Waals surface area contributed by atoms with Crippen LogP contribution in [0.25, 0.3) is 0 Å².